The van der Waals surface area contributed by atoms with E-state index in [2.05, 4.69) is 228 Å². The number of hydrogen-bond acceptors (Lipinski definition) is 1. The van der Waals surface area contributed by atoms with Crippen LogP contribution in [0, 0.1) is 0 Å². The average molecular weight is 713 g/mol. The van der Waals surface area contributed by atoms with Crippen LogP contribution in [0.4, 0.5) is 17.1 Å². The molecule has 0 N–H and O–H groups in total. The molecule has 2 nitrogen and oxygen atoms in total. The fraction of sp³-hybridized carbons (Fsp3) is 0. The Morgan fingerprint density at radius 1 is 0.339 bits per heavy atom. The molecule has 2 heteroatoms. The average Bonchev–Trinajstić information content (AvgIpc) is 3.77. The molecule has 11 rings (SSSR count). The summed E-state index contributed by atoms with van der Waals surface area (Å²) in [6, 6.07) is 79.5. The number of anilines is 3. The zero-order valence-corrected chi connectivity index (χ0v) is 30.7. The molecule has 1 heterocycles. The van der Waals surface area contributed by atoms with Gasteiger partial charge >= 0.3 is 0 Å². The molecule has 0 unspecified atom stereocenters. The highest BCUT2D eigenvalue weighted by molar-refractivity contribution is 6.15. The summed E-state index contributed by atoms with van der Waals surface area (Å²) in [5.74, 6) is 0. The lowest BCUT2D eigenvalue weighted by atomic mass is 9.88. The first-order chi connectivity index (χ1) is 27.8. The van der Waals surface area contributed by atoms with E-state index < -0.39 is 0 Å². The molecule has 9 aromatic carbocycles. The van der Waals surface area contributed by atoms with Gasteiger partial charge in [-0.1, -0.05) is 158 Å². The van der Waals surface area contributed by atoms with E-state index in [0.717, 1.165) is 22.7 Å². The minimum Gasteiger partial charge on any atom is -0.310 e. The van der Waals surface area contributed by atoms with E-state index >= 15 is 0 Å². The van der Waals surface area contributed by atoms with E-state index in [4.69, 9.17) is 0 Å². The number of nitrogens with zero attached hydrogens (tertiary/aromatic N) is 2. The fourth-order valence-corrected chi connectivity index (χ4v) is 8.85. The molecule has 0 saturated carbocycles. The van der Waals surface area contributed by atoms with Crippen molar-refractivity contribution in [2.45, 2.75) is 0 Å². The quantitative estimate of drug-likeness (QED) is 0.167. The summed E-state index contributed by atoms with van der Waals surface area (Å²) in [5.41, 5.74) is 16.8. The van der Waals surface area contributed by atoms with E-state index in [9.17, 15) is 0 Å². The van der Waals surface area contributed by atoms with Gasteiger partial charge < -0.3 is 9.47 Å². The van der Waals surface area contributed by atoms with Crippen molar-refractivity contribution in [2.75, 3.05) is 4.90 Å². The third-order valence-corrected chi connectivity index (χ3v) is 11.3. The molecule has 0 fully saturated rings. The smallest absolute Gasteiger partial charge is 0.0542 e. The molecule has 0 spiro atoms. The van der Waals surface area contributed by atoms with Gasteiger partial charge in [-0.05, 0) is 116 Å². The number of hydrogen-bond donors (Lipinski definition) is 0. The number of benzene rings is 9. The van der Waals surface area contributed by atoms with Crippen LogP contribution in [0.25, 0.3) is 60.5 Å². The summed E-state index contributed by atoms with van der Waals surface area (Å²) in [6.45, 7) is 0. The van der Waals surface area contributed by atoms with Gasteiger partial charge in [-0.15, -0.1) is 0 Å². The number of para-hydroxylation sites is 2. The van der Waals surface area contributed by atoms with Crippen molar-refractivity contribution < 1.29 is 0 Å². The number of rotatable bonds is 6. The second-order valence-electron chi connectivity index (χ2n) is 14.5. The third kappa shape index (κ3) is 5.19. The van der Waals surface area contributed by atoms with Gasteiger partial charge in [0.15, 0.2) is 0 Å². The van der Waals surface area contributed by atoms with E-state index in [0.29, 0.717) is 0 Å². The molecule has 10 aromatic rings. The molecule has 0 radical (unpaired) electrons. The van der Waals surface area contributed by atoms with Gasteiger partial charge in [0.25, 0.3) is 0 Å². The van der Waals surface area contributed by atoms with E-state index in [1.807, 2.05) is 0 Å². The van der Waals surface area contributed by atoms with E-state index in [1.165, 1.54) is 77.1 Å². The van der Waals surface area contributed by atoms with Crippen molar-refractivity contribution >= 4 is 60.8 Å². The van der Waals surface area contributed by atoms with Gasteiger partial charge in [0.05, 0.1) is 11.0 Å². The first kappa shape index (κ1) is 32.0. The predicted octanol–water partition coefficient (Wildman–Crippen LogP) is 14.4. The van der Waals surface area contributed by atoms with Crippen molar-refractivity contribution in [2.24, 2.45) is 0 Å². The molecule has 1 aliphatic carbocycles. The summed E-state index contributed by atoms with van der Waals surface area (Å²) in [4.78, 5) is 2.41. The van der Waals surface area contributed by atoms with Crippen LogP contribution in [0.1, 0.15) is 22.3 Å². The molecule has 0 aliphatic heterocycles. The highest BCUT2D eigenvalue weighted by Gasteiger charge is 2.29. The SMILES string of the molecule is c1ccc(C(=C2c3ccccc3-c3ccc(N(c4ccccc4)c4ccc5c(c4)c4ccccc4n5-c4ccc5ccccc5c4)cc32)c2ccccc2)cc1. The molecule has 0 atom stereocenters. The van der Waals surface area contributed by atoms with Crippen molar-refractivity contribution in [3.63, 3.8) is 0 Å². The number of fused-ring (bicyclic) bond motifs is 7. The van der Waals surface area contributed by atoms with Gasteiger partial charge in [-0.2, -0.15) is 0 Å². The minimum atomic E-state index is 1.11. The van der Waals surface area contributed by atoms with Gasteiger partial charge in [-0.3, -0.25) is 0 Å². The predicted molar refractivity (Wildman–Crippen MR) is 236 cm³/mol. The van der Waals surface area contributed by atoms with Crippen LogP contribution in [-0.2, 0) is 0 Å². The van der Waals surface area contributed by atoms with Crippen LogP contribution >= 0.6 is 0 Å². The van der Waals surface area contributed by atoms with Gasteiger partial charge in [0.1, 0.15) is 0 Å². The maximum atomic E-state index is 2.41. The minimum absolute atomic E-state index is 1.11. The lowest BCUT2D eigenvalue weighted by Gasteiger charge is -2.26. The Morgan fingerprint density at radius 2 is 0.911 bits per heavy atom. The van der Waals surface area contributed by atoms with E-state index in [-0.39, 0.29) is 0 Å². The molecule has 0 amide bonds. The second-order valence-corrected chi connectivity index (χ2v) is 14.5. The Bertz CT molecular complexity index is 3080. The topological polar surface area (TPSA) is 8.17 Å². The Balaban J connectivity index is 1.14. The van der Waals surface area contributed by atoms with Crippen LogP contribution < -0.4 is 4.90 Å². The standard InChI is InChI=1S/C54H36N2/c1-4-17-38(18-5-1)53(39-19-6-2-7-20-39)54-48-26-13-12-24-45(48)46-32-30-43(36-50(46)54)55(41-22-8-3-9-23-41)44-31-33-52-49(35-44)47-25-14-15-27-51(47)56(52)42-29-28-37-16-10-11-21-40(37)34-42/h1-36H. The Morgan fingerprint density at radius 3 is 1.68 bits per heavy atom. The highest BCUT2D eigenvalue weighted by Crippen LogP contribution is 2.51. The fourth-order valence-electron chi connectivity index (χ4n) is 8.85. The normalized spacial score (nSPS) is 11.9. The second kappa shape index (κ2) is 13.2. The zero-order chi connectivity index (χ0) is 37.0. The van der Waals surface area contributed by atoms with Crippen molar-refractivity contribution in [1.29, 1.82) is 0 Å². The summed E-state index contributed by atoms with van der Waals surface area (Å²) in [7, 11) is 0. The van der Waals surface area contributed by atoms with Crippen LogP contribution in [0.15, 0.2) is 218 Å². The summed E-state index contributed by atoms with van der Waals surface area (Å²) >= 11 is 0. The summed E-state index contributed by atoms with van der Waals surface area (Å²) in [5, 5.41) is 4.93. The first-order valence-corrected chi connectivity index (χ1v) is 19.3. The number of aromatic nitrogens is 1. The zero-order valence-electron chi connectivity index (χ0n) is 30.7. The van der Waals surface area contributed by atoms with Crippen molar-refractivity contribution in [3.8, 4) is 16.8 Å². The van der Waals surface area contributed by atoms with Gasteiger partial charge in [-0.25, -0.2) is 0 Å². The first-order valence-electron chi connectivity index (χ1n) is 19.3. The van der Waals surface area contributed by atoms with E-state index in [1.54, 1.807) is 0 Å². The molecule has 1 aromatic heterocycles. The molecule has 0 bridgehead atoms. The van der Waals surface area contributed by atoms with Crippen LogP contribution in [0.3, 0.4) is 0 Å². The van der Waals surface area contributed by atoms with Crippen molar-refractivity contribution in [3.05, 3.63) is 241 Å². The highest BCUT2D eigenvalue weighted by atomic mass is 15.1. The Labute approximate surface area is 326 Å². The Kier molecular flexibility index (Phi) is 7.53. The molecule has 0 saturated heterocycles. The molecular weight excluding hydrogens is 677 g/mol. The molecule has 1 aliphatic rings. The monoisotopic (exact) mass is 712 g/mol. The lowest BCUT2D eigenvalue weighted by Crippen LogP contribution is -2.10. The lowest BCUT2D eigenvalue weighted by molar-refractivity contribution is 1.18. The maximum Gasteiger partial charge on any atom is 0.0542 e. The van der Waals surface area contributed by atoms with Gasteiger partial charge in [0, 0.05) is 33.5 Å². The largest absolute Gasteiger partial charge is 0.310 e. The Hall–Kier alpha value is -7.42. The van der Waals surface area contributed by atoms with Crippen LogP contribution in [0.5, 0.6) is 0 Å². The summed E-state index contributed by atoms with van der Waals surface area (Å²) in [6.07, 6.45) is 0. The third-order valence-electron chi connectivity index (χ3n) is 11.3. The maximum absolute atomic E-state index is 2.41. The molecular formula is C54H36N2. The molecule has 56 heavy (non-hydrogen) atoms. The van der Waals surface area contributed by atoms with Crippen LogP contribution in [0.2, 0.25) is 0 Å². The summed E-state index contributed by atoms with van der Waals surface area (Å²) < 4.78 is 2.41. The van der Waals surface area contributed by atoms with Crippen LogP contribution in [-0.4, -0.2) is 4.57 Å². The van der Waals surface area contributed by atoms with Gasteiger partial charge in [0.2, 0.25) is 0 Å². The van der Waals surface area contributed by atoms with Crippen molar-refractivity contribution in [1.82, 2.24) is 4.57 Å². The molecule has 262 valence electrons.